The number of rotatable bonds is 7. The van der Waals surface area contributed by atoms with Gasteiger partial charge in [-0.15, -0.1) is 11.3 Å². The van der Waals surface area contributed by atoms with Crippen LogP contribution in [0.4, 0.5) is 5.69 Å². The molecule has 0 aliphatic carbocycles. The van der Waals surface area contributed by atoms with Gasteiger partial charge < -0.3 is 20.1 Å². The maximum Gasteiger partial charge on any atom is 0.269 e. The van der Waals surface area contributed by atoms with Gasteiger partial charge in [-0.1, -0.05) is 17.7 Å². The van der Waals surface area contributed by atoms with E-state index < -0.39 is 5.91 Å². The highest BCUT2D eigenvalue weighted by Crippen LogP contribution is 2.37. The van der Waals surface area contributed by atoms with Gasteiger partial charge in [0.2, 0.25) is 0 Å². The third kappa shape index (κ3) is 5.71. The Balaban J connectivity index is 1.66. The number of ether oxygens (including phenoxy) is 2. The fourth-order valence-corrected chi connectivity index (χ4v) is 4.40. The lowest BCUT2D eigenvalue weighted by molar-refractivity contribution is 0.0935. The summed E-state index contributed by atoms with van der Waals surface area (Å²) < 4.78 is 11.0. The van der Waals surface area contributed by atoms with Gasteiger partial charge in [0.15, 0.2) is 5.11 Å². The number of halogens is 1. The molecule has 162 valence electrons. The molecule has 3 rings (SSSR count). The molecule has 0 saturated heterocycles. The minimum atomic E-state index is -0.420. The van der Waals surface area contributed by atoms with Crippen LogP contribution in [0.1, 0.15) is 20.0 Å². The fourth-order valence-electron chi connectivity index (χ4n) is 2.75. The number of thiophene rings is 1. The first-order valence-electron chi connectivity index (χ1n) is 9.18. The van der Waals surface area contributed by atoms with Gasteiger partial charge in [-0.25, -0.2) is 0 Å². The van der Waals surface area contributed by atoms with E-state index in [1.54, 1.807) is 44.6 Å². The van der Waals surface area contributed by atoms with Crippen molar-refractivity contribution in [2.75, 3.05) is 32.7 Å². The third-order valence-electron chi connectivity index (χ3n) is 4.24. The maximum atomic E-state index is 12.7. The number of methoxy groups -OCH3 is 2. The van der Waals surface area contributed by atoms with Gasteiger partial charge in [0.25, 0.3) is 11.8 Å². The molecule has 0 fully saturated rings. The molecule has 2 aromatic carbocycles. The predicted octanol–water partition coefficient (Wildman–Crippen LogP) is 4.07. The molecule has 0 spiro atoms. The summed E-state index contributed by atoms with van der Waals surface area (Å²) in [5, 5.41) is 9.50. The normalized spacial score (nSPS) is 10.5. The zero-order valence-corrected chi connectivity index (χ0v) is 19.2. The average Bonchev–Trinajstić information content (AvgIpc) is 3.09. The molecule has 0 saturated carbocycles. The summed E-state index contributed by atoms with van der Waals surface area (Å²) >= 11 is 12.9. The molecule has 1 aromatic heterocycles. The van der Waals surface area contributed by atoms with Crippen LogP contribution < -0.4 is 20.7 Å². The van der Waals surface area contributed by atoms with Crippen LogP contribution in [0.2, 0.25) is 5.02 Å². The number of amides is 2. The summed E-state index contributed by atoms with van der Waals surface area (Å²) in [6, 6.07) is 12.2. The number of fused-ring (bicyclic) bond motifs is 1. The topological polar surface area (TPSA) is 88.7 Å². The Bertz CT molecular complexity index is 1130. The lowest BCUT2D eigenvalue weighted by Gasteiger charge is -2.10. The number of thiocarbonyl (C=S) groups is 1. The van der Waals surface area contributed by atoms with Crippen LogP contribution >= 0.6 is 35.2 Å². The zero-order chi connectivity index (χ0) is 22.4. The standard InChI is InChI=1S/C21H20ClN3O4S2/c1-28-9-8-23-19(26)12-4-3-5-13(10-12)24-21(30)25-20(27)18-17(22)15-7-6-14(29-2)11-16(15)31-18/h3-7,10-11H,8-9H2,1-2H3,(H,23,26)(H2,24,25,27,30). The van der Waals surface area contributed by atoms with Gasteiger partial charge in [0.1, 0.15) is 10.6 Å². The van der Waals surface area contributed by atoms with E-state index in [1.807, 2.05) is 12.1 Å². The molecule has 31 heavy (non-hydrogen) atoms. The molecule has 0 unspecified atom stereocenters. The van der Waals surface area contributed by atoms with Gasteiger partial charge in [0, 0.05) is 35.0 Å². The minimum absolute atomic E-state index is 0.0908. The Kier molecular flexibility index (Phi) is 7.80. The van der Waals surface area contributed by atoms with Crippen molar-refractivity contribution < 1.29 is 19.1 Å². The number of carbonyl (C=O) groups excluding carboxylic acids is 2. The summed E-state index contributed by atoms with van der Waals surface area (Å²) in [6.07, 6.45) is 0. The molecule has 0 aliphatic heterocycles. The zero-order valence-electron chi connectivity index (χ0n) is 16.8. The van der Waals surface area contributed by atoms with Gasteiger partial charge in [-0.3, -0.25) is 14.9 Å². The highest BCUT2D eigenvalue weighted by molar-refractivity contribution is 7.80. The van der Waals surface area contributed by atoms with E-state index in [0.717, 1.165) is 10.1 Å². The summed E-state index contributed by atoms with van der Waals surface area (Å²) in [4.78, 5) is 25.2. The van der Waals surface area contributed by atoms with E-state index in [-0.39, 0.29) is 11.0 Å². The van der Waals surface area contributed by atoms with Crippen molar-refractivity contribution in [1.82, 2.24) is 10.6 Å². The van der Waals surface area contributed by atoms with Crippen LogP contribution in [-0.4, -0.2) is 44.3 Å². The van der Waals surface area contributed by atoms with E-state index in [4.69, 9.17) is 33.3 Å². The van der Waals surface area contributed by atoms with E-state index in [2.05, 4.69) is 16.0 Å². The van der Waals surface area contributed by atoms with Crippen LogP contribution in [0, 0.1) is 0 Å². The largest absolute Gasteiger partial charge is 0.497 e. The maximum absolute atomic E-state index is 12.7. The molecular formula is C21H20ClN3O4S2. The first-order chi connectivity index (χ1) is 14.9. The van der Waals surface area contributed by atoms with Crippen molar-refractivity contribution in [2.24, 2.45) is 0 Å². The lowest BCUT2D eigenvalue weighted by Crippen LogP contribution is -2.34. The van der Waals surface area contributed by atoms with E-state index in [0.29, 0.717) is 40.1 Å². The Morgan fingerprint density at radius 2 is 1.94 bits per heavy atom. The Labute approximate surface area is 193 Å². The number of anilines is 1. The number of hydrogen-bond acceptors (Lipinski definition) is 6. The SMILES string of the molecule is COCCNC(=O)c1cccc(NC(=S)NC(=O)c2sc3cc(OC)ccc3c2Cl)c1. The van der Waals surface area contributed by atoms with Gasteiger partial charge in [-0.2, -0.15) is 0 Å². The third-order valence-corrected chi connectivity index (χ3v) is 6.10. The fraction of sp³-hybridized carbons (Fsp3) is 0.190. The first-order valence-corrected chi connectivity index (χ1v) is 10.8. The van der Waals surface area contributed by atoms with Crippen molar-refractivity contribution in [3.8, 4) is 5.75 Å². The molecule has 0 atom stereocenters. The molecule has 10 heteroatoms. The second-order valence-corrected chi connectivity index (χ2v) is 8.18. The molecule has 7 nitrogen and oxygen atoms in total. The second kappa shape index (κ2) is 10.5. The van der Waals surface area contributed by atoms with Crippen LogP contribution in [0.25, 0.3) is 10.1 Å². The molecule has 1 heterocycles. The van der Waals surface area contributed by atoms with Crippen LogP contribution in [0.3, 0.4) is 0 Å². The van der Waals surface area contributed by atoms with E-state index in [9.17, 15) is 9.59 Å². The second-order valence-electron chi connectivity index (χ2n) is 6.35. The molecular weight excluding hydrogens is 458 g/mol. The summed E-state index contributed by atoms with van der Waals surface area (Å²) in [5.41, 5.74) is 1.02. The molecule has 3 aromatic rings. The Morgan fingerprint density at radius 3 is 2.68 bits per heavy atom. The van der Waals surface area contributed by atoms with Crippen molar-refractivity contribution in [2.45, 2.75) is 0 Å². The minimum Gasteiger partial charge on any atom is -0.497 e. The summed E-state index contributed by atoms with van der Waals surface area (Å²) in [7, 11) is 3.14. The van der Waals surface area contributed by atoms with E-state index >= 15 is 0 Å². The number of nitrogens with one attached hydrogen (secondary N) is 3. The van der Waals surface area contributed by atoms with Crippen LogP contribution in [0.5, 0.6) is 5.75 Å². The van der Waals surface area contributed by atoms with Crippen LogP contribution in [0.15, 0.2) is 42.5 Å². The van der Waals surface area contributed by atoms with Crippen molar-refractivity contribution in [1.29, 1.82) is 0 Å². The molecule has 0 bridgehead atoms. The predicted molar refractivity (Wildman–Crippen MR) is 128 cm³/mol. The van der Waals surface area contributed by atoms with E-state index in [1.165, 1.54) is 11.3 Å². The Morgan fingerprint density at radius 1 is 1.13 bits per heavy atom. The van der Waals surface area contributed by atoms with Gasteiger partial charge in [0.05, 0.1) is 18.7 Å². The van der Waals surface area contributed by atoms with Crippen molar-refractivity contribution in [3.63, 3.8) is 0 Å². The van der Waals surface area contributed by atoms with Gasteiger partial charge in [-0.05, 0) is 48.6 Å². The lowest BCUT2D eigenvalue weighted by atomic mass is 10.2. The molecule has 0 radical (unpaired) electrons. The average molecular weight is 478 g/mol. The smallest absolute Gasteiger partial charge is 0.269 e. The number of benzene rings is 2. The summed E-state index contributed by atoms with van der Waals surface area (Å²) in [5.74, 6) is 0.0278. The molecule has 3 N–H and O–H groups in total. The van der Waals surface area contributed by atoms with Gasteiger partial charge >= 0.3 is 0 Å². The van der Waals surface area contributed by atoms with Crippen molar-refractivity contribution >= 4 is 67.9 Å². The molecule has 0 aliphatic rings. The monoisotopic (exact) mass is 477 g/mol. The highest BCUT2D eigenvalue weighted by atomic mass is 35.5. The number of hydrogen-bond donors (Lipinski definition) is 3. The number of carbonyl (C=O) groups is 2. The first kappa shape index (κ1) is 23.0. The quantitative estimate of drug-likeness (QED) is 0.351. The van der Waals surface area contributed by atoms with Crippen molar-refractivity contribution in [3.05, 3.63) is 57.9 Å². The van der Waals surface area contributed by atoms with Crippen LogP contribution in [-0.2, 0) is 4.74 Å². The highest BCUT2D eigenvalue weighted by Gasteiger charge is 2.18. The molecule has 2 amide bonds. The summed E-state index contributed by atoms with van der Waals surface area (Å²) in [6.45, 7) is 0.829. The Hall–Kier alpha value is -2.72.